The number of aryl methyl sites for hydroxylation is 1. The molecule has 0 saturated heterocycles. The van der Waals surface area contributed by atoms with Crippen molar-refractivity contribution in [2.75, 3.05) is 7.05 Å². The molecular formula is C14H18N2O2Te. The predicted molar refractivity (Wildman–Crippen MR) is 78.2 cm³/mol. The summed E-state index contributed by atoms with van der Waals surface area (Å²) in [5.41, 5.74) is 1.67. The number of aromatic nitrogens is 1. The van der Waals surface area contributed by atoms with Gasteiger partial charge in [-0.2, -0.15) is 0 Å². The van der Waals surface area contributed by atoms with E-state index >= 15 is 0 Å². The average molecular weight is 374 g/mol. The summed E-state index contributed by atoms with van der Waals surface area (Å²) < 4.78 is 2.74. The number of hydrogen-bond acceptors (Lipinski definition) is 2. The molecule has 0 unspecified atom stereocenters. The summed E-state index contributed by atoms with van der Waals surface area (Å²) in [5.74, 6) is -0.101. The Hall–Kier alpha value is -1.05. The number of nitrogens with one attached hydrogen (secondary N) is 1. The molecule has 0 aliphatic rings. The Kier molecular flexibility index (Phi) is 3.63. The molecule has 1 aromatic heterocycles. The van der Waals surface area contributed by atoms with Gasteiger partial charge in [0.15, 0.2) is 0 Å². The molecule has 1 N–H and O–H groups in total. The minimum atomic E-state index is -0.763. The van der Waals surface area contributed by atoms with Gasteiger partial charge in [0.1, 0.15) is 0 Å². The van der Waals surface area contributed by atoms with Crippen molar-refractivity contribution < 1.29 is 4.79 Å². The van der Waals surface area contributed by atoms with Gasteiger partial charge in [0.2, 0.25) is 0 Å². The molecule has 1 aromatic carbocycles. The fourth-order valence-corrected chi connectivity index (χ4v) is 4.68. The van der Waals surface area contributed by atoms with Crippen LogP contribution in [0.5, 0.6) is 0 Å². The van der Waals surface area contributed by atoms with Gasteiger partial charge in [-0.05, 0) is 0 Å². The van der Waals surface area contributed by atoms with E-state index in [0.29, 0.717) is 5.56 Å². The van der Waals surface area contributed by atoms with E-state index in [1.165, 1.54) is 0 Å². The molecule has 1 heterocycles. The van der Waals surface area contributed by atoms with Crippen LogP contribution in [-0.4, -0.2) is 36.5 Å². The molecule has 1 amide bonds. The first kappa shape index (κ1) is 14.4. The Morgan fingerprint density at radius 2 is 1.95 bits per heavy atom. The molecule has 19 heavy (non-hydrogen) atoms. The summed E-state index contributed by atoms with van der Waals surface area (Å²) in [7, 11) is 3.44. The number of carbonyl (C=O) groups excluding carboxylic acids is 1. The van der Waals surface area contributed by atoms with E-state index in [1.54, 1.807) is 9.84 Å². The summed E-state index contributed by atoms with van der Waals surface area (Å²) in [4.78, 5) is 24.2. The molecule has 0 atom stereocenters. The molecule has 0 bridgehead atoms. The molecule has 0 saturated carbocycles. The van der Waals surface area contributed by atoms with Gasteiger partial charge in [-0.3, -0.25) is 0 Å². The number of hydrogen-bond donors (Lipinski definition) is 1. The van der Waals surface area contributed by atoms with Gasteiger partial charge in [-0.25, -0.2) is 0 Å². The minimum absolute atomic E-state index is 0.0497. The van der Waals surface area contributed by atoms with E-state index in [9.17, 15) is 9.59 Å². The van der Waals surface area contributed by atoms with Crippen molar-refractivity contribution in [3.8, 4) is 0 Å². The molecule has 0 aliphatic heterocycles. The van der Waals surface area contributed by atoms with Crippen molar-refractivity contribution in [1.29, 1.82) is 0 Å². The zero-order valence-electron chi connectivity index (χ0n) is 11.8. The second-order valence-electron chi connectivity index (χ2n) is 5.62. The van der Waals surface area contributed by atoms with Crippen molar-refractivity contribution in [3.05, 3.63) is 33.6 Å². The van der Waals surface area contributed by atoms with E-state index < -0.39 is 20.7 Å². The van der Waals surface area contributed by atoms with Crippen LogP contribution in [0.15, 0.2) is 16.9 Å². The molecule has 102 valence electrons. The second kappa shape index (κ2) is 4.81. The third-order valence-electron chi connectivity index (χ3n) is 3.17. The summed E-state index contributed by atoms with van der Waals surface area (Å²) in [6, 6.07) is 3.90. The first-order chi connectivity index (χ1) is 8.75. The standard InChI is InChI=1S/C14H18N2O2Te/c1-14(2,3)8-6-9(12(17)15-4)11-10(7-8)13(18)16(5)19-11/h6-7H,1-5H3,(H,15,17). The number of amides is 1. The van der Waals surface area contributed by atoms with E-state index in [-0.39, 0.29) is 16.9 Å². The van der Waals surface area contributed by atoms with Gasteiger partial charge in [0.05, 0.1) is 0 Å². The molecule has 0 fully saturated rings. The van der Waals surface area contributed by atoms with Crippen LogP contribution in [0.1, 0.15) is 36.7 Å². The van der Waals surface area contributed by atoms with Gasteiger partial charge in [0, 0.05) is 0 Å². The molecule has 2 aromatic rings. The topological polar surface area (TPSA) is 51.1 Å². The van der Waals surface area contributed by atoms with Gasteiger partial charge >= 0.3 is 122 Å². The van der Waals surface area contributed by atoms with Gasteiger partial charge < -0.3 is 0 Å². The maximum absolute atomic E-state index is 12.2. The van der Waals surface area contributed by atoms with Crippen LogP contribution in [0, 0.1) is 0 Å². The third kappa shape index (κ3) is 2.50. The first-order valence-corrected chi connectivity index (χ1v) is 8.33. The first-order valence-electron chi connectivity index (χ1n) is 6.12. The third-order valence-corrected chi connectivity index (χ3v) is 6.20. The Bertz CT molecular complexity index is 705. The van der Waals surface area contributed by atoms with Gasteiger partial charge in [0.25, 0.3) is 0 Å². The number of nitrogens with zero attached hydrogens (tertiary/aromatic N) is 1. The van der Waals surface area contributed by atoms with Crippen molar-refractivity contribution in [1.82, 2.24) is 8.11 Å². The van der Waals surface area contributed by atoms with Crippen molar-refractivity contribution in [2.24, 2.45) is 7.05 Å². The molecule has 0 aliphatic carbocycles. The summed E-state index contributed by atoms with van der Waals surface area (Å²) in [6.07, 6.45) is 0. The second-order valence-corrected chi connectivity index (χ2v) is 8.87. The number of rotatable bonds is 1. The van der Waals surface area contributed by atoms with E-state index in [1.807, 2.05) is 19.2 Å². The van der Waals surface area contributed by atoms with Crippen LogP contribution in [0.4, 0.5) is 0 Å². The van der Waals surface area contributed by atoms with Gasteiger partial charge in [-0.1, -0.05) is 0 Å². The fraction of sp³-hybridized carbons (Fsp3) is 0.429. The van der Waals surface area contributed by atoms with Crippen LogP contribution in [-0.2, 0) is 12.5 Å². The quantitative estimate of drug-likeness (QED) is 0.765. The Balaban J connectivity index is 2.88. The van der Waals surface area contributed by atoms with E-state index in [2.05, 4.69) is 26.1 Å². The van der Waals surface area contributed by atoms with Crippen LogP contribution in [0.25, 0.3) is 8.79 Å². The van der Waals surface area contributed by atoms with Crippen molar-refractivity contribution in [3.63, 3.8) is 0 Å². The number of carbonyl (C=O) groups is 1. The number of benzene rings is 1. The van der Waals surface area contributed by atoms with Crippen LogP contribution in [0.2, 0.25) is 0 Å². The van der Waals surface area contributed by atoms with Crippen LogP contribution < -0.4 is 10.9 Å². The van der Waals surface area contributed by atoms with E-state index in [0.717, 1.165) is 14.4 Å². The predicted octanol–water partition coefficient (Wildman–Crippen LogP) is 1.25. The SMILES string of the molecule is CNC(=O)c1cc(C(C)(C)C)cc2c(=O)n(C)[te]c12. The summed E-state index contributed by atoms with van der Waals surface area (Å²) in [5, 5.41) is 3.39. The van der Waals surface area contributed by atoms with Crippen LogP contribution in [0.3, 0.4) is 0 Å². The van der Waals surface area contributed by atoms with E-state index in [4.69, 9.17) is 0 Å². The molecular weight excluding hydrogens is 356 g/mol. The van der Waals surface area contributed by atoms with Crippen molar-refractivity contribution >= 4 is 35.4 Å². The zero-order valence-corrected chi connectivity index (χ0v) is 14.2. The maximum atomic E-state index is 12.2. The Morgan fingerprint density at radius 1 is 1.32 bits per heavy atom. The van der Waals surface area contributed by atoms with Crippen molar-refractivity contribution in [2.45, 2.75) is 26.2 Å². The molecule has 5 heteroatoms. The molecule has 0 radical (unpaired) electrons. The molecule has 4 nitrogen and oxygen atoms in total. The van der Waals surface area contributed by atoms with Gasteiger partial charge in [-0.15, -0.1) is 0 Å². The fourth-order valence-electron chi connectivity index (χ4n) is 1.97. The zero-order chi connectivity index (χ0) is 14.4. The Morgan fingerprint density at radius 3 is 2.47 bits per heavy atom. The molecule has 0 spiro atoms. The average Bonchev–Trinajstić information content (AvgIpc) is 2.62. The molecule has 2 rings (SSSR count). The number of fused-ring (bicyclic) bond motifs is 1. The normalized spacial score (nSPS) is 11.8. The van der Waals surface area contributed by atoms with Crippen LogP contribution >= 0.6 is 0 Å². The monoisotopic (exact) mass is 376 g/mol. The summed E-state index contributed by atoms with van der Waals surface area (Å²) in [6.45, 7) is 6.26. The summed E-state index contributed by atoms with van der Waals surface area (Å²) >= 11 is -0.763. The Labute approximate surface area is 122 Å².